The van der Waals surface area contributed by atoms with Gasteiger partial charge in [0.2, 0.25) is 0 Å². The van der Waals surface area contributed by atoms with E-state index in [0.717, 1.165) is 38.7 Å². The first-order valence-corrected chi connectivity index (χ1v) is 4.97. The summed E-state index contributed by atoms with van der Waals surface area (Å²) in [4.78, 5) is 0. The van der Waals surface area contributed by atoms with Crippen LogP contribution >= 0.6 is 0 Å². The van der Waals surface area contributed by atoms with Crippen molar-refractivity contribution in [2.45, 2.75) is 51.2 Å². The third-order valence-electron chi connectivity index (χ3n) is 2.31. The topological polar surface area (TPSA) is 29.5 Å². The summed E-state index contributed by atoms with van der Waals surface area (Å²) in [6.45, 7) is 2.94. The Hall–Kier alpha value is -0.0800. The average molecular weight is 171 g/mol. The molecule has 0 heterocycles. The van der Waals surface area contributed by atoms with Crippen LogP contribution in [0, 0.1) is 6.42 Å². The Morgan fingerprint density at radius 1 is 1.58 bits per heavy atom. The van der Waals surface area contributed by atoms with Gasteiger partial charge in [-0.05, 0) is 25.7 Å². The maximum absolute atomic E-state index is 9.49. The molecule has 2 nitrogen and oxygen atoms in total. The molecule has 2 atom stereocenters. The van der Waals surface area contributed by atoms with Crippen LogP contribution in [0.15, 0.2) is 0 Å². The molecule has 1 aliphatic carbocycles. The molecular formula is C10H19O2. The van der Waals surface area contributed by atoms with Crippen molar-refractivity contribution in [2.24, 2.45) is 0 Å². The zero-order valence-electron chi connectivity index (χ0n) is 7.83. The van der Waals surface area contributed by atoms with E-state index in [1.54, 1.807) is 0 Å². The largest absolute Gasteiger partial charge is 0.390 e. The normalized spacial score (nSPS) is 30.5. The quantitative estimate of drug-likeness (QED) is 0.655. The summed E-state index contributed by atoms with van der Waals surface area (Å²) >= 11 is 0. The fourth-order valence-electron chi connectivity index (χ4n) is 1.49. The summed E-state index contributed by atoms with van der Waals surface area (Å²) in [6, 6.07) is 0. The summed E-state index contributed by atoms with van der Waals surface area (Å²) in [7, 11) is 0. The van der Waals surface area contributed by atoms with E-state index in [9.17, 15) is 5.11 Å². The number of ether oxygens (including phenoxy) is 1. The Morgan fingerprint density at radius 3 is 3.08 bits per heavy atom. The van der Waals surface area contributed by atoms with Gasteiger partial charge in [-0.15, -0.1) is 0 Å². The van der Waals surface area contributed by atoms with Gasteiger partial charge in [0.25, 0.3) is 0 Å². The van der Waals surface area contributed by atoms with Gasteiger partial charge < -0.3 is 9.84 Å². The number of aliphatic hydroxyl groups excluding tert-OH is 1. The predicted molar refractivity (Wildman–Crippen MR) is 48.8 cm³/mol. The van der Waals surface area contributed by atoms with Crippen molar-refractivity contribution < 1.29 is 9.84 Å². The van der Waals surface area contributed by atoms with Crippen molar-refractivity contribution in [1.29, 1.82) is 0 Å². The zero-order valence-corrected chi connectivity index (χ0v) is 7.83. The first-order valence-electron chi connectivity index (χ1n) is 4.97. The third-order valence-corrected chi connectivity index (χ3v) is 2.31. The predicted octanol–water partition coefficient (Wildman–Crippen LogP) is 1.92. The molecule has 1 aliphatic rings. The van der Waals surface area contributed by atoms with Gasteiger partial charge in [-0.2, -0.15) is 0 Å². The van der Waals surface area contributed by atoms with E-state index in [-0.39, 0.29) is 12.2 Å². The van der Waals surface area contributed by atoms with E-state index in [4.69, 9.17) is 4.74 Å². The van der Waals surface area contributed by atoms with Crippen LogP contribution in [0.4, 0.5) is 0 Å². The fourth-order valence-corrected chi connectivity index (χ4v) is 1.49. The van der Waals surface area contributed by atoms with Crippen molar-refractivity contribution in [2.75, 3.05) is 6.61 Å². The fraction of sp³-hybridized carbons (Fsp3) is 0.900. The Bertz CT molecular complexity index is 114. The van der Waals surface area contributed by atoms with Gasteiger partial charge in [0.1, 0.15) is 0 Å². The van der Waals surface area contributed by atoms with Gasteiger partial charge in [0, 0.05) is 6.61 Å². The second kappa shape index (κ2) is 5.55. The third kappa shape index (κ3) is 3.11. The highest BCUT2D eigenvalue weighted by Gasteiger charge is 2.23. The van der Waals surface area contributed by atoms with Gasteiger partial charge in [-0.1, -0.05) is 19.8 Å². The summed E-state index contributed by atoms with van der Waals surface area (Å²) in [5.74, 6) is 0. The maximum atomic E-state index is 9.49. The summed E-state index contributed by atoms with van der Waals surface area (Å²) in [5.41, 5.74) is 0. The minimum atomic E-state index is -0.324. The molecule has 0 aliphatic heterocycles. The molecule has 71 valence electrons. The van der Waals surface area contributed by atoms with Crippen molar-refractivity contribution in [3.8, 4) is 0 Å². The monoisotopic (exact) mass is 171 g/mol. The van der Waals surface area contributed by atoms with E-state index in [1.165, 1.54) is 0 Å². The summed E-state index contributed by atoms with van der Waals surface area (Å²) in [5, 5.41) is 9.49. The Kier molecular flexibility index (Phi) is 4.62. The molecule has 0 bridgehead atoms. The maximum Gasteiger partial charge on any atom is 0.0836 e. The molecule has 1 N–H and O–H groups in total. The average Bonchev–Trinajstić information content (AvgIpc) is 2.09. The highest BCUT2D eigenvalue weighted by Crippen LogP contribution is 2.20. The highest BCUT2D eigenvalue weighted by atomic mass is 16.5. The molecular weight excluding hydrogens is 152 g/mol. The minimum Gasteiger partial charge on any atom is -0.390 e. The van der Waals surface area contributed by atoms with E-state index in [0.29, 0.717) is 0 Å². The lowest BCUT2D eigenvalue weighted by atomic mass is 9.95. The number of aliphatic hydroxyl groups is 1. The smallest absolute Gasteiger partial charge is 0.0836 e. The number of unbranched alkanes of at least 4 members (excludes halogenated alkanes) is 1. The van der Waals surface area contributed by atoms with E-state index < -0.39 is 0 Å². The molecule has 1 radical (unpaired) electrons. The highest BCUT2D eigenvalue weighted by molar-refractivity contribution is 4.87. The number of hydrogen-bond donors (Lipinski definition) is 1. The first-order chi connectivity index (χ1) is 5.84. The minimum absolute atomic E-state index is 0.0744. The van der Waals surface area contributed by atoms with E-state index in [1.807, 2.05) is 6.42 Å². The molecule has 0 saturated heterocycles. The molecule has 0 amide bonds. The first kappa shape index (κ1) is 10.0. The standard InChI is InChI=1S/C10H19O2/c1-2-3-8-12-10-7-5-4-6-9(10)11/h6,9-11H,2-5,7-8H2,1H3. The summed E-state index contributed by atoms with van der Waals surface area (Å²) in [6.07, 6.45) is 7.18. The molecule has 2 heteroatoms. The molecule has 0 aromatic carbocycles. The van der Waals surface area contributed by atoms with Crippen molar-refractivity contribution in [3.63, 3.8) is 0 Å². The van der Waals surface area contributed by atoms with E-state index >= 15 is 0 Å². The van der Waals surface area contributed by atoms with Gasteiger partial charge in [0.05, 0.1) is 12.2 Å². The molecule has 1 rings (SSSR count). The second-order valence-electron chi connectivity index (χ2n) is 3.42. The van der Waals surface area contributed by atoms with Crippen LogP contribution in [0.5, 0.6) is 0 Å². The lowest BCUT2D eigenvalue weighted by Crippen LogP contribution is -2.32. The van der Waals surface area contributed by atoms with Gasteiger partial charge in [-0.25, -0.2) is 0 Å². The van der Waals surface area contributed by atoms with Crippen LogP contribution in [0.3, 0.4) is 0 Å². The zero-order chi connectivity index (χ0) is 8.81. The molecule has 1 fully saturated rings. The van der Waals surface area contributed by atoms with Crippen LogP contribution in [0.25, 0.3) is 0 Å². The van der Waals surface area contributed by atoms with Crippen LogP contribution < -0.4 is 0 Å². The molecule has 0 spiro atoms. The van der Waals surface area contributed by atoms with E-state index in [2.05, 4.69) is 6.92 Å². The molecule has 1 saturated carbocycles. The van der Waals surface area contributed by atoms with Crippen LogP contribution in [0.1, 0.15) is 39.0 Å². The molecule has 2 unspecified atom stereocenters. The Balaban J connectivity index is 2.11. The van der Waals surface area contributed by atoms with Crippen molar-refractivity contribution in [3.05, 3.63) is 6.42 Å². The molecule has 0 aromatic rings. The van der Waals surface area contributed by atoms with Gasteiger partial charge in [0.15, 0.2) is 0 Å². The van der Waals surface area contributed by atoms with Crippen molar-refractivity contribution >= 4 is 0 Å². The van der Waals surface area contributed by atoms with Gasteiger partial charge >= 0.3 is 0 Å². The van der Waals surface area contributed by atoms with Crippen LogP contribution in [-0.4, -0.2) is 23.9 Å². The summed E-state index contributed by atoms with van der Waals surface area (Å²) < 4.78 is 5.55. The second-order valence-corrected chi connectivity index (χ2v) is 3.42. The number of rotatable bonds is 4. The van der Waals surface area contributed by atoms with Gasteiger partial charge in [-0.3, -0.25) is 0 Å². The lowest BCUT2D eigenvalue weighted by Gasteiger charge is -2.27. The lowest BCUT2D eigenvalue weighted by molar-refractivity contribution is -0.0398. The van der Waals surface area contributed by atoms with Crippen LogP contribution in [0.2, 0.25) is 0 Å². The SMILES string of the molecule is CCCCOC1CCC[CH]C1O. The molecule has 0 aromatic heterocycles. The number of hydrogen-bond acceptors (Lipinski definition) is 2. The molecule has 12 heavy (non-hydrogen) atoms. The van der Waals surface area contributed by atoms with Crippen LogP contribution in [-0.2, 0) is 4.74 Å². The van der Waals surface area contributed by atoms with Crippen molar-refractivity contribution in [1.82, 2.24) is 0 Å². The Morgan fingerprint density at radius 2 is 2.42 bits per heavy atom. The Labute approximate surface area is 74.9 Å².